The highest BCUT2D eigenvalue weighted by Gasteiger charge is 2.17. The van der Waals surface area contributed by atoms with Crippen LogP contribution in [0.3, 0.4) is 0 Å². The summed E-state index contributed by atoms with van der Waals surface area (Å²) >= 11 is 3.56. The van der Waals surface area contributed by atoms with Gasteiger partial charge >= 0.3 is 0 Å². The van der Waals surface area contributed by atoms with Crippen LogP contribution in [0.15, 0.2) is 71.4 Å². The van der Waals surface area contributed by atoms with Crippen LogP contribution in [0.25, 0.3) is 20.2 Å². The van der Waals surface area contributed by atoms with Crippen molar-refractivity contribution >= 4 is 65.6 Å². The minimum Gasteiger partial charge on any atom is -0.497 e. The van der Waals surface area contributed by atoms with Gasteiger partial charge in [0.1, 0.15) is 11.5 Å². The van der Waals surface area contributed by atoms with Gasteiger partial charge in [0, 0.05) is 22.1 Å². The summed E-state index contributed by atoms with van der Waals surface area (Å²) in [5.41, 5.74) is 4.16. The van der Waals surface area contributed by atoms with Crippen molar-refractivity contribution in [3.8, 4) is 11.5 Å². The topological polar surface area (TPSA) is 42.5 Å². The van der Waals surface area contributed by atoms with Gasteiger partial charge in [-0.2, -0.15) is 0 Å². The SMILES string of the molecule is COc1ccc(Nc2c(Nc3ccc(OC)cc3)c3ccsc3c3sccc23)cc1. The highest BCUT2D eigenvalue weighted by Crippen LogP contribution is 2.46. The van der Waals surface area contributed by atoms with Crippen molar-refractivity contribution in [1.82, 2.24) is 0 Å². The van der Waals surface area contributed by atoms with Gasteiger partial charge in [0.2, 0.25) is 0 Å². The van der Waals surface area contributed by atoms with Crippen LogP contribution in [0.4, 0.5) is 22.7 Å². The summed E-state index contributed by atoms with van der Waals surface area (Å²) in [5, 5.41) is 14.0. The summed E-state index contributed by atoms with van der Waals surface area (Å²) in [4.78, 5) is 0. The Bertz CT molecular complexity index is 1200. The Kier molecular flexibility index (Phi) is 4.94. The first kappa shape index (κ1) is 18.8. The fourth-order valence-electron chi connectivity index (χ4n) is 3.53. The Morgan fingerprint density at radius 1 is 0.567 bits per heavy atom. The number of rotatable bonds is 6. The van der Waals surface area contributed by atoms with Crippen LogP contribution in [-0.4, -0.2) is 14.2 Å². The third-order valence-corrected chi connectivity index (χ3v) is 7.04. The largest absolute Gasteiger partial charge is 0.497 e. The van der Waals surface area contributed by atoms with Crippen LogP contribution in [0.1, 0.15) is 0 Å². The Hall–Kier alpha value is -3.22. The summed E-state index contributed by atoms with van der Waals surface area (Å²) in [6.45, 7) is 0. The van der Waals surface area contributed by atoms with Gasteiger partial charge in [-0.1, -0.05) is 0 Å². The van der Waals surface area contributed by atoms with Crippen LogP contribution in [0, 0.1) is 0 Å². The van der Waals surface area contributed by atoms with Crippen LogP contribution in [0.2, 0.25) is 0 Å². The number of ether oxygens (including phenoxy) is 2. The van der Waals surface area contributed by atoms with Crippen LogP contribution in [0.5, 0.6) is 11.5 Å². The van der Waals surface area contributed by atoms with Crippen molar-refractivity contribution in [1.29, 1.82) is 0 Å². The molecule has 3 aromatic carbocycles. The normalized spacial score (nSPS) is 11.0. The van der Waals surface area contributed by atoms with E-state index in [-0.39, 0.29) is 0 Å². The molecule has 2 N–H and O–H groups in total. The van der Waals surface area contributed by atoms with Crippen molar-refractivity contribution in [3.63, 3.8) is 0 Å². The molecule has 0 aliphatic carbocycles. The molecule has 0 saturated carbocycles. The van der Waals surface area contributed by atoms with Gasteiger partial charge in [-0.3, -0.25) is 0 Å². The van der Waals surface area contributed by atoms with Crippen LogP contribution >= 0.6 is 22.7 Å². The molecule has 5 rings (SSSR count). The molecule has 0 radical (unpaired) electrons. The molecule has 30 heavy (non-hydrogen) atoms. The second-order valence-corrected chi connectivity index (χ2v) is 8.62. The van der Waals surface area contributed by atoms with E-state index >= 15 is 0 Å². The second-order valence-electron chi connectivity index (χ2n) is 6.78. The summed E-state index contributed by atoms with van der Waals surface area (Å²) < 4.78 is 13.2. The lowest BCUT2D eigenvalue weighted by atomic mass is 10.1. The van der Waals surface area contributed by atoms with Gasteiger partial charge in [-0.15, -0.1) is 22.7 Å². The van der Waals surface area contributed by atoms with E-state index in [4.69, 9.17) is 9.47 Å². The Balaban J connectivity index is 1.65. The van der Waals surface area contributed by atoms with Crippen molar-refractivity contribution in [2.24, 2.45) is 0 Å². The molecule has 0 aliphatic heterocycles. The van der Waals surface area contributed by atoms with E-state index < -0.39 is 0 Å². The Labute approximate surface area is 182 Å². The number of benzene rings is 3. The van der Waals surface area contributed by atoms with E-state index in [0.717, 1.165) is 34.2 Å². The molecule has 4 nitrogen and oxygen atoms in total. The maximum Gasteiger partial charge on any atom is 0.119 e. The van der Waals surface area contributed by atoms with E-state index in [1.165, 1.54) is 20.2 Å². The quantitative estimate of drug-likeness (QED) is 0.271. The molecular formula is C24H20N2O2S2. The van der Waals surface area contributed by atoms with Crippen LogP contribution < -0.4 is 20.1 Å². The van der Waals surface area contributed by atoms with Crippen molar-refractivity contribution in [2.45, 2.75) is 0 Å². The first-order valence-corrected chi connectivity index (χ1v) is 11.3. The lowest BCUT2D eigenvalue weighted by Crippen LogP contribution is -1.99. The summed E-state index contributed by atoms with van der Waals surface area (Å²) in [5.74, 6) is 1.68. The molecule has 6 heteroatoms. The number of nitrogens with one attached hydrogen (secondary N) is 2. The zero-order valence-corrected chi connectivity index (χ0v) is 18.2. The maximum atomic E-state index is 5.30. The highest BCUT2D eigenvalue weighted by atomic mass is 32.1. The molecule has 0 aliphatic rings. The molecule has 0 unspecified atom stereocenters. The zero-order valence-electron chi connectivity index (χ0n) is 16.6. The summed E-state index contributed by atoms with van der Waals surface area (Å²) in [7, 11) is 3.36. The van der Waals surface area contributed by atoms with Gasteiger partial charge in [0.05, 0.1) is 35.0 Å². The van der Waals surface area contributed by atoms with Gasteiger partial charge in [-0.25, -0.2) is 0 Å². The smallest absolute Gasteiger partial charge is 0.119 e. The minimum absolute atomic E-state index is 0.839. The molecular weight excluding hydrogens is 412 g/mol. The zero-order chi connectivity index (χ0) is 20.5. The average Bonchev–Trinajstić information content (AvgIpc) is 3.46. The third kappa shape index (κ3) is 3.34. The summed E-state index contributed by atoms with van der Waals surface area (Å²) in [6.07, 6.45) is 0. The fourth-order valence-corrected chi connectivity index (χ4v) is 5.53. The minimum atomic E-state index is 0.839. The maximum absolute atomic E-state index is 5.30. The van der Waals surface area contributed by atoms with Gasteiger partial charge in [0.15, 0.2) is 0 Å². The van der Waals surface area contributed by atoms with Crippen molar-refractivity contribution < 1.29 is 9.47 Å². The van der Waals surface area contributed by atoms with E-state index in [1.807, 2.05) is 48.5 Å². The fraction of sp³-hybridized carbons (Fsp3) is 0.0833. The number of thiophene rings is 2. The van der Waals surface area contributed by atoms with Gasteiger partial charge in [0.25, 0.3) is 0 Å². The average molecular weight is 433 g/mol. The number of methoxy groups -OCH3 is 2. The first-order valence-electron chi connectivity index (χ1n) is 9.49. The second kappa shape index (κ2) is 7.89. The van der Waals surface area contributed by atoms with Crippen LogP contribution in [-0.2, 0) is 0 Å². The summed E-state index contributed by atoms with van der Waals surface area (Å²) in [6, 6.07) is 20.4. The molecule has 2 aromatic heterocycles. The van der Waals surface area contributed by atoms with E-state index in [9.17, 15) is 0 Å². The predicted octanol–water partition coefficient (Wildman–Crippen LogP) is 7.62. The molecule has 150 valence electrons. The van der Waals surface area contributed by atoms with E-state index in [2.05, 4.69) is 33.5 Å². The highest BCUT2D eigenvalue weighted by molar-refractivity contribution is 7.25. The first-order chi connectivity index (χ1) is 14.8. The van der Waals surface area contributed by atoms with Crippen molar-refractivity contribution in [3.05, 3.63) is 71.4 Å². The Morgan fingerprint density at radius 2 is 0.967 bits per heavy atom. The Morgan fingerprint density at radius 3 is 1.33 bits per heavy atom. The standard InChI is InChI=1S/C24H20N2O2S2/c1-27-17-7-3-15(4-8-17)25-21-19-11-13-29-23(19)24-20(12-14-30-24)22(21)26-16-5-9-18(28-2)10-6-16/h3-14,25-26H,1-2H3. The van der Waals surface area contributed by atoms with Crippen molar-refractivity contribution in [2.75, 3.05) is 24.9 Å². The molecule has 5 aromatic rings. The number of hydrogen-bond donors (Lipinski definition) is 2. The molecule has 0 bridgehead atoms. The molecule has 0 fully saturated rings. The molecule has 2 heterocycles. The number of hydrogen-bond acceptors (Lipinski definition) is 6. The van der Waals surface area contributed by atoms with E-state index in [0.29, 0.717) is 0 Å². The number of anilines is 4. The number of fused-ring (bicyclic) bond motifs is 3. The predicted molar refractivity (Wildman–Crippen MR) is 130 cm³/mol. The van der Waals surface area contributed by atoms with Gasteiger partial charge in [-0.05, 0) is 71.4 Å². The molecule has 0 spiro atoms. The van der Waals surface area contributed by atoms with Gasteiger partial charge < -0.3 is 20.1 Å². The monoisotopic (exact) mass is 432 g/mol. The molecule has 0 atom stereocenters. The van der Waals surface area contributed by atoms with E-state index in [1.54, 1.807) is 36.9 Å². The third-order valence-electron chi connectivity index (χ3n) is 5.04. The lowest BCUT2D eigenvalue weighted by Gasteiger charge is -2.18. The molecule has 0 saturated heterocycles. The molecule has 0 amide bonds. The lowest BCUT2D eigenvalue weighted by molar-refractivity contribution is 0.415.